The Bertz CT molecular complexity index is 532. The van der Waals surface area contributed by atoms with Crippen molar-refractivity contribution in [1.29, 1.82) is 0 Å². The van der Waals surface area contributed by atoms with E-state index in [2.05, 4.69) is 48.5 Å². The molecule has 0 bridgehead atoms. The Kier molecular flexibility index (Phi) is 5.84. The summed E-state index contributed by atoms with van der Waals surface area (Å²) < 4.78 is 2.78. The standard InChI is InChI=1S/C18H20OSe2/c1-18(2,3)16(19)17(20-14-10-6-4-7-11-14)21-15-12-8-5-9-13-15/h4-13,17H,1-3H3. The molecule has 0 aliphatic heterocycles. The van der Waals surface area contributed by atoms with Crippen LogP contribution in [-0.2, 0) is 4.79 Å². The Morgan fingerprint density at radius 2 is 1.19 bits per heavy atom. The summed E-state index contributed by atoms with van der Waals surface area (Å²) >= 11 is 0.392. The normalized spacial score (nSPS) is 11.6. The first kappa shape index (κ1) is 16.5. The van der Waals surface area contributed by atoms with E-state index in [0.717, 1.165) is 0 Å². The Morgan fingerprint density at radius 1 is 0.810 bits per heavy atom. The van der Waals surface area contributed by atoms with Gasteiger partial charge in [-0.25, -0.2) is 0 Å². The first-order chi connectivity index (χ1) is 9.97. The van der Waals surface area contributed by atoms with Crippen LogP contribution in [0.4, 0.5) is 0 Å². The quantitative estimate of drug-likeness (QED) is 0.693. The first-order valence-electron chi connectivity index (χ1n) is 6.94. The van der Waals surface area contributed by atoms with Crippen molar-refractivity contribution in [2.45, 2.75) is 24.5 Å². The molecule has 0 spiro atoms. The molecule has 2 aromatic carbocycles. The van der Waals surface area contributed by atoms with Gasteiger partial charge in [0.2, 0.25) is 0 Å². The fraction of sp³-hybridized carbons (Fsp3) is 0.278. The van der Waals surface area contributed by atoms with Crippen LogP contribution >= 0.6 is 0 Å². The van der Waals surface area contributed by atoms with Crippen molar-refractivity contribution in [3.05, 3.63) is 60.7 Å². The molecule has 2 aromatic rings. The van der Waals surface area contributed by atoms with Gasteiger partial charge in [0.25, 0.3) is 0 Å². The molecule has 0 radical (unpaired) electrons. The number of carbonyl (C=O) groups is 1. The summed E-state index contributed by atoms with van der Waals surface area (Å²) in [6.07, 6.45) is 0. The summed E-state index contributed by atoms with van der Waals surface area (Å²) in [5.74, 6) is 0.398. The van der Waals surface area contributed by atoms with E-state index in [1.54, 1.807) is 0 Å². The molecular formula is C18H20OSe2. The second-order valence-electron chi connectivity index (χ2n) is 5.81. The van der Waals surface area contributed by atoms with Crippen LogP contribution < -0.4 is 8.92 Å². The SMILES string of the molecule is CC(C)(C)C(=O)C([Se]c1ccccc1)[Se]c1ccccc1. The zero-order chi connectivity index (χ0) is 15.3. The molecule has 0 amide bonds. The maximum atomic E-state index is 12.8. The second-order valence-corrected chi connectivity index (χ2v) is 12.3. The number of carbonyl (C=O) groups excluding carboxylic acids is 1. The number of benzene rings is 2. The minimum absolute atomic E-state index is 0.162. The van der Waals surface area contributed by atoms with Gasteiger partial charge in [0.15, 0.2) is 0 Å². The molecule has 110 valence electrons. The van der Waals surface area contributed by atoms with Gasteiger partial charge in [-0.3, -0.25) is 0 Å². The third-order valence-corrected chi connectivity index (χ3v) is 9.10. The summed E-state index contributed by atoms with van der Waals surface area (Å²) in [6, 6.07) is 20.9. The molecule has 0 atom stereocenters. The van der Waals surface area contributed by atoms with Gasteiger partial charge < -0.3 is 0 Å². The summed E-state index contributed by atoms with van der Waals surface area (Å²) in [6.45, 7) is 6.10. The molecule has 1 nitrogen and oxygen atoms in total. The number of rotatable bonds is 5. The minimum atomic E-state index is -0.266. The van der Waals surface area contributed by atoms with Crippen LogP contribution in [0.1, 0.15) is 20.8 Å². The topological polar surface area (TPSA) is 17.1 Å². The van der Waals surface area contributed by atoms with Gasteiger partial charge in [-0.05, 0) is 0 Å². The van der Waals surface area contributed by atoms with E-state index in [9.17, 15) is 4.79 Å². The fourth-order valence-corrected chi connectivity index (χ4v) is 9.07. The summed E-state index contributed by atoms with van der Waals surface area (Å²) in [7, 11) is 0. The fourth-order valence-electron chi connectivity index (χ4n) is 1.73. The molecule has 21 heavy (non-hydrogen) atoms. The predicted octanol–water partition coefficient (Wildman–Crippen LogP) is 2.41. The molecule has 0 aromatic heterocycles. The first-order valence-corrected chi connectivity index (χ1v) is 10.6. The average molecular weight is 410 g/mol. The van der Waals surface area contributed by atoms with Crippen molar-refractivity contribution in [2.75, 3.05) is 0 Å². The van der Waals surface area contributed by atoms with Crippen molar-refractivity contribution >= 4 is 44.6 Å². The number of ketones is 1. The van der Waals surface area contributed by atoms with Gasteiger partial charge in [-0.15, -0.1) is 0 Å². The van der Waals surface area contributed by atoms with Gasteiger partial charge in [0.05, 0.1) is 0 Å². The van der Waals surface area contributed by atoms with Crippen LogP contribution in [0.25, 0.3) is 0 Å². The van der Waals surface area contributed by atoms with Crippen molar-refractivity contribution in [3.63, 3.8) is 0 Å². The number of Topliss-reactive ketones (excluding diaryl/α,β-unsaturated/α-hetero) is 1. The molecular weight excluding hydrogens is 390 g/mol. The third-order valence-electron chi connectivity index (χ3n) is 2.93. The van der Waals surface area contributed by atoms with E-state index < -0.39 is 0 Å². The Morgan fingerprint density at radius 3 is 1.52 bits per heavy atom. The van der Waals surface area contributed by atoms with Gasteiger partial charge >= 0.3 is 140 Å². The molecule has 0 saturated heterocycles. The van der Waals surface area contributed by atoms with Gasteiger partial charge in [0, 0.05) is 0 Å². The van der Waals surface area contributed by atoms with Crippen LogP contribution in [0.15, 0.2) is 60.7 Å². The molecule has 0 aliphatic carbocycles. The zero-order valence-electron chi connectivity index (χ0n) is 12.6. The van der Waals surface area contributed by atoms with Crippen LogP contribution in [-0.4, -0.2) is 35.7 Å². The van der Waals surface area contributed by atoms with E-state index >= 15 is 0 Å². The van der Waals surface area contributed by atoms with E-state index in [4.69, 9.17) is 0 Å². The van der Waals surface area contributed by atoms with E-state index in [1.165, 1.54) is 8.92 Å². The maximum absolute atomic E-state index is 12.8. The predicted molar refractivity (Wildman–Crippen MR) is 91.9 cm³/mol. The molecule has 3 heteroatoms. The van der Waals surface area contributed by atoms with Gasteiger partial charge in [-0.1, -0.05) is 0 Å². The van der Waals surface area contributed by atoms with Crippen LogP contribution in [0, 0.1) is 5.41 Å². The molecule has 0 saturated carbocycles. The molecule has 0 N–H and O–H groups in total. The average Bonchev–Trinajstić information content (AvgIpc) is 2.47. The molecule has 0 aliphatic rings. The van der Waals surface area contributed by atoms with Crippen LogP contribution in [0.3, 0.4) is 0 Å². The van der Waals surface area contributed by atoms with E-state index in [0.29, 0.717) is 5.78 Å². The zero-order valence-corrected chi connectivity index (χ0v) is 16.0. The molecule has 2 rings (SSSR count). The van der Waals surface area contributed by atoms with Gasteiger partial charge in [-0.2, -0.15) is 0 Å². The van der Waals surface area contributed by atoms with Crippen molar-refractivity contribution < 1.29 is 4.79 Å². The second kappa shape index (κ2) is 7.42. The Labute approximate surface area is 139 Å². The molecule has 0 unspecified atom stereocenters. The van der Waals surface area contributed by atoms with Gasteiger partial charge in [0.1, 0.15) is 0 Å². The van der Waals surface area contributed by atoms with Crippen LogP contribution in [0.2, 0.25) is 3.71 Å². The van der Waals surface area contributed by atoms with E-state index in [-0.39, 0.29) is 39.0 Å². The Hall–Kier alpha value is -0.851. The molecule has 0 heterocycles. The molecule has 0 fully saturated rings. The van der Waals surface area contributed by atoms with Crippen molar-refractivity contribution in [1.82, 2.24) is 0 Å². The summed E-state index contributed by atoms with van der Waals surface area (Å²) in [5.41, 5.74) is -0.266. The Balaban J connectivity index is 2.20. The number of hydrogen-bond donors (Lipinski definition) is 0. The summed E-state index contributed by atoms with van der Waals surface area (Å²) in [5, 5.41) is 0. The monoisotopic (exact) mass is 412 g/mol. The summed E-state index contributed by atoms with van der Waals surface area (Å²) in [4.78, 5) is 12.8. The van der Waals surface area contributed by atoms with Crippen molar-refractivity contribution in [2.24, 2.45) is 5.41 Å². The van der Waals surface area contributed by atoms with Crippen molar-refractivity contribution in [3.8, 4) is 0 Å². The van der Waals surface area contributed by atoms with E-state index in [1.807, 2.05) is 32.9 Å². The third kappa shape index (κ3) is 5.12. The van der Waals surface area contributed by atoms with Crippen LogP contribution in [0.5, 0.6) is 0 Å². The number of hydrogen-bond acceptors (Lipinski definition) is 1.